The summed E-state index contributed by atoms with van der Waals surface area (Å²) in [5.74, 6) is -1.43. The molecule has 2 aromatic carbocycles. The third kappa shape index (κ3) is 4.70. The molecule has 0 saturated carbocycles. The molecule has 1 atom stereocenters. The van der Waals surface area contributed by atoms with Crippen LogP contribution in [0.25, 0.3) is 11.0 Å². The Hall–Kier alpha value is -3.40. The fourth-order valence-corrected chi connectivity index (χ4v) is 6.05. The zero-order chi connectivity index (χ0) is 23.4. The first-order valence-electron chi connectivity index (χ1n) is 10.1. The maximum Gasteiger partial charge on any atom is 0.324 e. The molecule has 1 unspecified atom stereocenters. The molecule has 1 aliphatic rings. The van der Waals surface area contributed by atoms with Crippen molar-refractivity contribution < 1.29 is 22.7 Å². The number of para-hydroxylation sites is 1. The highest BCUT2D eigenvalue weighted by molar-refractivity contribution is 7.89. The number of aromatic nitrogens is 2. The average Bonchev–Trinajstić information content (AvgIpc) is 3.32. The minimum atomic E-state index is -4.05. The van der Waals surface area contributed by atoms with Crippen molar-refractivity contribution in [1.29, 1.82) is 5.26 Å². The van der Waals surface area contributed by atoms with Crippen molar-refractivity contribution in [3.8, 4) is 6.07 Å². The number of benzene rings is 2. The molecule has 170 valence electrons. The van der Waals surface area contributed by atoms with E-state index < -0.39 is 34.5 Å². The van der Waals surface area contributed by atoms with Gasteiger partial charge < -0.3 is 10.1 Å². The van der Waals surface area contributed by atoms with Crippen LogP contribution in [0.2, 0.25) is 0 Å². The number of carbonyl (C=O) groups excluding carboxylic acids is 2. The number of rotatable bonds is 6. The highest BCUT2D eigenvalue weighted by Crippen LogP contribution is 2.29. The van der Waals surface area contributed by atoms with Gasteiger partial charge in [-0.05, 0) is 43.5 Å². The molecular formula is C21H19N5O5S2. The van der Waals surface area contributed by atoms with Gasteiger partial charge in [-0.25, -0.2) is 8.42 Å². The Kier molecular flexibility index (Phi) is 6.64. The van der Waals surface area contributed by atoms with E-state index in [1.165, 1.54) is 6.07 Å². The molecule has 10 nitrogen and oxygen atoms in total. The molecule has 3 aromatic rings. The molecule has 1 fully saturated rings. The minimum absolute atomic E-state index is 0.0145. The lowest BCUT2D eigenvalue weighted by molar-refractivity contribution is -0.152. The zero-order valence-corrected chi connectivity index (χ0v) is 18.9. The number of piperidine rings is 1. The maximum atomic E-state index is 13.4. The number of sulfonamides is 1. The average molecular weight is 486 g/mol. The Labute approximate surface area is 194 Å². The van der Waals surface area contributed by atoms with Gasteiger partial charge in [0.1, 0.15) is 28.0 Å². The fourth-order valence-electron chi connectivity index (χ4n) is 3.65. The number of ether oxygens (including phenoxy) is 1. The normalized spacial score (nSPS) is 16.8. The minimum Gasteiger partial charge on any atom is -0.454 e. The number of esters is 1. The second-order valence-corrected chi connectivity index (χ2v) is 9.72. The highest BCUT2D eigenvalue weighted by Gasteiger charge is 2.39. The Morgan fingerprint density at radius 1 is 1.18 bits per heavy atom. The molecule has 4 rings (SSSR count). The largest absolute Gasteiger partial charge is 0.454 e. The van der Waals surface area contributed by atoms with Gasteiger partial charge in [0.2, 0.25) is 10.0 Å². The maximum absolute atomic E-state index is 13.4. The molecule has 0 bridgehead atoms. The second kappa shape index (κ2) is 9.62. The van der Waals surface area contributed by atoms with Crippen molar-refractivity contribution in [3.05, 3.63) is 48.0 Å². The first kappa shape index (κ1) is 22.8. The third-order valence-electron chi connectivity index (χ3n) is 5.23. The summed E-state index contributed by atoms with van der Waals surface area (Å²) in [5, 5.41) is 11.6. The van der Waals surface area contributed by atoms with E-state index in [4.69, 9.17) is 10.00 Å². The molecule has 0 radical (unpaired) electrons. The van der Waals surface area contributed by atoms with Gasteiger partial charge in [-0.2, -0.15) is 18.3 Å². The number of nitriles is 1. The number of hydrogen-bond donors (Lipinski definition) is 1. The van der Waals surface area contributed by atoms with Crippen molar-refractivity contribution in [3.63, 3.8) is 0 Å². The molecule has 0 aliphatic carbocycles. The Morgan fingerprint density at radius 3 is 2.82 bits per heavy atom. The summed E-state index contributed by atoms with van der Waals surface area (Å²) >= 11 is 0.912. The Balaban J connectivity index is 1.48. The van der Waals surface area contributed by atoms with E-state index in [2.05, 4.69) is 14.1 Å². The van der Waals surface area contributed by atoms with E-state index in [1.54, 1.807) is 36.4 Å². The summed E-state index contributed by atoms with van der Waals surface area (Å²) in [6.07, 6.45) is 1.53. The van der Waals surface area contributed by atoms with Crippen LogP contribution >= 0.6 is 11.7 Å². The highest BCUT2D eigenvalue weighted by atomic mass is 32.2. The van der Waals surface area contributed by atoms with Crippen molar-refractivity contribution in [2.75, 3.05) is 18.5 Å². The first-order valence-corrected chi connectivity index (χ1v) is 12.3. The molecule has 1 saturated heterocycles. The van der Waals surface area contributed by atoms with Crippen molar-refractivity contribution in [2.24, 2.45) is 0 Å². The lowest BCUT2D eigenvalue weighted by atomic mass is 10.1. The van der Waals surface area contributed by atoms with Crippen LogP contribution in [0.3, 0.4) is 0 Å². The van der Waals surface area contributed by atoms with Crippen LogP contribution in [0.5, 0.6) is 0 Å². The van der Waals surface area contributed by atoms with Crippen LogP contribution < -0.4 is 5.32 Å². The molecule has 1 aromatic heterocycles. The lowest BCUT2D eigenvalue weighted by Crippen LogP contribution is -2.49. The van der Waals surface area contributed by atoms with Crippen LogP contribution in [-0.4, -0.2) is 52.5 Å². The fraction of sp³-hybridized carbons (Fsp3) is 0.286. The Morgan fingerprint density at radius 2 is 2.00 bits per heavy atom. The second-order valence-electron chi connectivity index (χ2n) is 7.33. The van der Waals surface area contributed by atoms with Crippen LogP contribution in [0.15, 0.2) is 47.4 Å². The molecule has 1 N–H and O–H groups in total. The quantitative estimate of drug-likeness (QED) is 0.524. The molecule has 0 spiro atoms. The van der Waals surface area contributed by atoms with Crippen LogP contribution in [0.1, 0.15) is 24.8 Å². The molecule has 33 heavy (non-hydrogen) atoms. The predicted octanol–water partition coefficient (Wildman–Crippen LogP) is 2.29. The van der Waals surface area contributed by atoms with E-state index in [-0.39, 0.29) is 28.9 Å². The van der Waals surface area contributed by atoms with E-state index in [1.807, 2.05) is 6.07 Å². The summed E-state index contributed by atoms with van der Waals surface area (Å²) in [4.78, 5) is 25.0. The van der Waals surface area contributed by atoms with Gasteiger partial charge in [0, 0.05) is 6.54 Å². The van der Waals surface area contributed by atoms with Crippen molar-refractivity contribution in [1.82, 2.24) is 13.1 Å². The van der Waals surface area contributed by atoms with Crippen LogP contribution in [0, 0.1) is 11.3 Å². The summed E-state index contributed by atoms with van der Waals surface area (Å²) in [6, 6.07) is 12.0. The third-order valence-corrected chi connectivity index (χ3v) is 7.71. The van der Waals surface area contributed by atoms with Crippen LogP contribution in [-0.2, 0) is 24.3 Å². The molecule has 1 amide bonds. The van der Waals surface area contributed by atoms with Gasteiger partial charge in [0.15, 0.2) is 6.61 Å². The zero-order valence-electron chi connectivity index (χ0n) is 17.3. The first-order chi connectivity index (χ1) is 15.9. The SMILES string of the molecule is N#Cc1ccccc1NC(=O)COC(=O)C1CCCCN1S(=O)(=O)c1cccc2nsnc12. The van der Waals surface area contributed by atoms with Crippen molar-refractivity contribution >= 4 is 50.3 Å². The number of carbonyl (C=O) groups is 2. The van der Waals surface area contributed by atoms with Gasteiger partial charge in [-0.3, -0.25) is 9.59 Å². The predicted molar refractivity (Wildman–Crippen MR) is 120 cm³/mol. The van der Waals surface area contributed by atoms with E-state index >= 15 is 0 Å². The number of anilines is 1. The topological polar surface area (TPSA) is 142 Å². The monoisotopic (exact) mass is 485 g/mol. The standard InChI is InChI=1S/C21H19N5O5S2/c22-12-14-6-1-2-7-15(14)23-19(27)13-31-21(28)17-9-3-4-11-26(17)33(29,30)18-10-5-8-16-20(18)25-32-24-16/h1-2,5-8,10,17H,3-4,9,11,13H2,(H,23,27). The van der Waals surface area contributed by atoms with Crippen molar-refractivity contribution in [2.45, 2.75) is 30.2 Å². The summed E-state index contributed by atoms with van der Waals surface area (Å²) < 4.78 is 41.3. The molecule has 2 heterocycles. The van der Waals surface area contributed by atoms with Gasteiger partial charge in [0.05, 0.1) is 23.0 Å². The molecule has 1 aliphatic heterocycles. The van der Waals surface area contributed by atoms with Gasteiger partial charge >= 0.3 is 5.97 Å². The Bertz CT molecular complexity index is 1350. The lowest BCUT2D eigenvalue weighted by Gasteiger charge is -2.32. The number of nitrogens with one attached hydrogen (secondary N) is 1. The number of nitrogens with zero attached hydrogens (tertiary/aromatic N) is 4. The number of amides is 1. The van der Waals surface area contributed by atoms with E-state index in [9.17, 15) is 18.0 Å². The van der Waals surface area contributed by atoms with Gasteiger partial charge in [-0.15, -0.1) is 0 Å². The number of hydrogen-bond acceptors (Lipinski definition) is 9. The van der Waals surface area contributed by atoms with Gasteiger partial charge in [-0.1, -0.05) is 18.2 Å². The summed E-state index contributed by atoms with van der Waals surface area (Å²) in [6.45, 7) is -0.452. The summed E-state index contributed by atoms with van der Waals surface area (Å²) in [7, 11) is -4.05. The molecule has 12 heteroatoms. The van der Waals surface area contributed by atoms with Crippen LogP contribution in [0.4, 0.5) is 5.69 Å². The number of fused-ring (bicyclic) bond motifs is 1. The smallest absolute Gasteiger partial charge is 0.324 e. The molecular weight excluding hydrogens is 466 g/mol. The van der Waals surface area contributed by atoms with E-state index in [0.717, 1.165) is 16.0 Å². The summed E-state index contributed by atoms with van der Waals surface area (Å²) in [5.41, 5.74) is 1.29. The van der Waals surface area contributed by atoms with Gasteiger partial charge in [0.25, 0.3) is 5.91 Å². The van der Waals surface area contributed by atoms with E-state index in [0.29, 0.717) is 24.0 Å².